The molecule has 0 fully saturated rings. The zero-order chi connectivity index (χ0) is 12.5. The molecule has 0 amide bonds. The number of aryl methyl sites for hydroxylation is 1. The molecular weight excluding hydrogens is 284 g/mol. The number of benzene rings is 1. The second-order valence-electron chi connectivity index (χ2n) is 3.72. The number of hydrogen-bond acceptors (Lipinski definition) is 3. The van der Waals surface area contributed by atoms with Gasteiger partial charge >= 0.3 is 0 Å². The van der Waals surface area contributed by atoms with Gasteiger partial charge in [0, 0.05) is 24.6 Å². The van der Waals surface area contributed by atoms with E-state index in [1.165, 1.54) is 5.56 Å². The molecule has 0 bridgehead atoms. The van der Waals surface area contributed by atoms with Crippen LogP contribution in [0, 0.1) is 6.92 Å². The van der Waals surface area contributed by atoms with Crippen molar-refractivity contribution in [3.63, 3.8) is 0 Å². The average Bonchev–Trinajstić information content (AvgIpc) is 2.32. The molecule has 0 aliphatic carbocycles. The number of halogens is 1. The van der Waals surface area contributed by atoms with Gasteiger partial charge in [-0.1, -0.05) is 15.9 Å². The molecule has 1 rings (SSSR count). The summed E-state index contributed by atoms with van der Waals surface area (Å²) in [5.41, 5.74) is 1.18. The SMILES string of the molecule is COCCOCCCOc1ccc(Br)c(C)c1. The fourth-order valence-corrected chi connectivity index (χ4v) is 1.55. The van der Waals surface area contributed by atoms with Crippen LogP contribution in [-0.4, -0.2) is 33.5 Å². The zero-order valence-corrected chi connectivity index (χ0v) is 12.0. The van der Waals surface area contributed by atoms with Crippen molar-refractivity contribution >= 4 is 15.9 Å². The molecule has 4 heteroatoms. The fourth-order valence-electron chi connectivity index (χ4n) is 1.30. The van der Waals surface area contributed by atoms with Crippen molar-refractivity contribution in [2.24, 2.45) is 0 Å². The van der Waals surface area contributed by atoms with E-state index in [0.717, 1.165) is 16.6 Å². The molecule has 3 nitrogen and oxygen atoms in total. The maximum Gasteiger partial charge on any atom is 0.119 e. The summed E-state index contributed by atoms with van der Waals surface area (Å²) in [6.07, 6.45) is 0.888. The van der Waals surface area contributed by atoms with Gasteiger partial charge in [0.05, 0.1) is 19.8 Å². The molecule has 0 aromatic heterocycles. The van der Waals surface area contributed by atoms with Crippen molar-refractivity contribution in [2.75, 3.05) is 33.5 Å². The first-order chi connectivity index (χ1) is 8.24. The van der Waals surface area contributed by atoms with Crippen LogP contribution in [-0.2, 0) is 9.47 Å². The lowest BCUT2D eigenvalue weighted by Crippen LogP contribution is -2.06. The first-order valence-corrected chi connectivity index (χ1v) is 6.49. The van der Waals surface area contributed by atoms with E-state index in [2.05, 4.69) is 15.9 Å². The van der Waals surface area contributed by atoms with Crippen LogP contribution in [0.2, 0.25) is 0 Å². The minimum atomic E-state index is 0.646. The Hall–Kier alpha value is -0.580. The predicted molar refractivity (Wildman–Crippen MR) is 71.7 cm³/mol. The van der Waals surface area contributed by atoms with E-state index in [-0.39, 0.29) is 0 Å². The third kappa shape index (κ3) is 6.05. The highest BCUT2D eigenvalue weighted by Gasteiger charge is 1.98. The van der Waals surface area contributed by atoms with E-state index < -0.39 is 0 Å². The maximum absolute atomic E-state index is 5.62. The third-order valence-corrected chi connectivity index (χ3v) is 3.15. The summed E-state index contributed by atoms with van der Waals surface area (Å²) in [5, 5.41) is 0. The standard InChI is InChI=1S/C13H19BrO3/c1-11-10-12(4-5-13(11)14)17-7-3-6-16-9-8-15-2/h4-5,10H,3,6-9H2,1-2H3. The van der Waals surface area contributed by atoms with Crippen molar-refractivity contribution in [2.45, 2.75) is 13.3 Å². The first kappa shape index (κ1) is 14.5. The molecule has 0 aliphatic rings. The third-order valence-electron chi connectivity index (χ3n) is 2.26. The summed E-state index contributed by atoms with van der Waals surface area (Å²) in [5.74, 6) is 0.905. The Morgan fingerprint density at radius 1 is 1.12 bits per heavy atom. The lowest BCUT2D eigenvalue weighted by Gasteiger charge is -2.08. The fraction of sp³-hybridized carbons (Fsp3) is 0.538. The van der Waals surface area contributed by atoms with Gasteiger partial charge in [-0.05, 0) is 30.7 Å². The van der Waals surface area contributed by atoms with Gasteiger partial charge in [0.2, 0.25) is 0 Å². The summed E-state index contributed by atoms with van der Waals surface area (Å²) in [6.45, 7) is 4.72. The van der Waals surface area contributed by atoms with Gasteiger partial charge in [0.15, 0.2) is 0 Å². The summed E-state index contributed by atoms with van der Waals surface area (Å²) in [7, 11) is 1.67. The molecule has 96 valence electrons. The summed E-state index contributed by atoms with van der Waals surface area (Å²) >= 11 is 3.46. The van der Waals surface area contributed by atoms with E-state index >= 15 is 0 Å². The van der Waals surface area contributed by atoms with Crippen molar-refractivity contribution in [3.8, 4) is 5.75 Å². The van der Waals surface area contributed by atoms with E-state index in [1.807, 2.05) is 25.1 Å². The van der Waals surface area contributed by atoms with Crippen LogP contribution in [0.1, 0.15) is 12.0 Å². The number of ether oxygens (including phenoxy) is 3. The highest BCUT2D eigenvalue weighted by atomic mass is 79.9. The maximum atomic E-state index is 5.62. The topological polar surface area (TPSA) is 27.7 Å². The molecule has 0 unspecified atom stereocenters. The second-order valence-corrected chi connectivity index (χ2v) is 4.57. The normalized spacial score (nSPS) is 10.5. The van der Waals surface area contributed by atoms with Gasteiger partial charge in [-0.3, -0.25) is 0 Å². The second kappa shape index (κ2) is 8.50. The average molecular weight is 303 g/mol. The molecule has 0 saturated carbocycles. The van der Waals surface area contributed by atoms with Crippen LogP contribution < -0.4 is 4.74 Å². The molecule has 0 aliphatic heterocycles. The zero-order valence-electron chi connectivity index (χ0n) is 10.4. The van der Waals surface area contributed by atoms with Crippen LogP contribution in [0.15, 0.2) is 22.7 Å². The molecule has 0 N–H and O–H groups in total. The van der Waals surface area contributed by atoms with E-state index in [1.54, 1.807) is 7.11 Å². The number of rotatable bonds is 8. The molecule has 0 saturated heterocycles. The molecule has 1 aromatic carbocycles. The van der Waals surface area contributed by atoms with Crippen molar-refractivity contribution in [1.82, 2.24) is 0 Å². The summed E-state index contributed by atoms with van der Waals surface area (Å²) in [6, 6.07) is 5.98. The van der Waals surface area contributed by atoms with Gasteiger partial charge in [-0.25, -0.2) is 0 Å². The van der Waals surface area contributed by atoms with Crippen molar-refractivity contribution < 1.29 is 14.2 Å². The Labute approximate surface area is 111 Å². The van der Waals surface area contributed by atoms with E-state index in [4.69, 9.17) is 14.2 Å². The Morgan fingerprint density at radius 3 is 2.65 bits per heavy atom. The molecule has 0 radical (unpaired) electrons. The van der Waals surface area contributed by atoms with Crippen molar-refractivity contribution in [3.05, 3.63) is 28.2 Å². The summed E-state index contributed by atoms with van der Waals surface area (Å²) in [4.78, 5) is 0. The molecule has 0 heterocycles. The molecule has 0 atom stereocenters. The smallest absolute Gasteiger partial charge is 0.119 e. The van der Waals surface area contributed by atoms with Crippen LogP contribution in [0.25, 0.3) is 0 Å². The first-order valence-electron chi connectivity index (χ1n) is 5.69. The van der Waals surface area contributed by atoms with Gasteiger partial charge in [0.1, 0.15) is 5.75 Å². The minimum Gasteiger partial charge on any atom is -0.493 e. The minimum absolute atomic E-state index is 0.646. The van der Waals surface area contributed by atoms with Crippen LogP contribution in [0.4, 0.5) is 0 Å². The van der Waals surface area contributed by atoms with E-state index in [0.29, 0.717) is 26.4 Å². The molecule has 1 aromatic rings. The van der Waals surface area contributed by atoms with Gasteiger partial charge in [-0.2, -0.15) is 0 Å². The van der Waals surface area contributed by atoms with Crippen LogP contribution in [0.3, 0.4) is 0 Å². The molecule has 17 heavy (non-hydrogen) atoms. The number of methoxy groups -OCH3 is 1. The van der Waals surface area contributed by atoms with Gasteiger partial charge < -0.3 is 14.2 Å². The Kier molecular flexibility index (Phi) is 7.24. The predicted octanol–water partition coefficient (Wildman–Crippen LogP) is 3.19. The van der Waals surface area contributed by atoms with Crippen LogP contribution >= 0.6 is 15.9 Å². The molecule has 0 spiro atoms. The Morgan fingerprint density at radius 2 is 1.94 bits per heavy atom. The van der Waals surface area contributed by atoms with Gasteiger partial charge in [-0.15, -0.1) is 0 Å². The largest absolute Gasteiger partial charge is 0.493 e. The lowest BCUT2D eigenvalue weighted by atomic mass is 10.2. The monoisotopic (exact) mass is 302 g/mol. The highest BCUT2D eigenvalue weighted by Crippen LogP contribution is 2.21. The quantitative estimate of drug-likeness (QED) is 0.690. The number of hydrogen-bond donors (Lipinski definition) is 0. The van der Waals surface area contributed by atoms with Gasteiger partial charge in [0.25, 0.3) is 0 Å². The Bertz CT molecular complexity index is 328. The van der Waals surface area contributed by atoms with Crippen molar-refractivity contribution in [1.29, 1.82) is 0 Å². The summed E-state index contributed by atoms with van der Waals surface area (Å²) < 4.78 is 16.9. The Balaban J connectivity index is 2.11. The molecular formula is C13H19BrO3. The van der Waals surface area contributed by atoms with Crippen LogP contribution in [0.5, 0.6) is 5.75 Å². The van der Waals surface area contributed by atoms with E-state index in [9.17, 15) is 0 Å². The lowest BCUT2D eigenvalue weighted by molar-refractivity contribution is 0.0644. The highest BCUT2D eigenvalue weighted by molar-refractivity contribution is 9.10.